The van der Waals surface area contributed by atoms with Crippen molar-refractivity contribution in [3.8, 4) is 5.75 Å². The number of hydrogen-bond acceptors (Lipinski definition) is 3. The molecule has 0 aliphatic carbocycles. The van der Waals surface area contributed by atoms with Crippen LogP contribution >= 0.6 is 0 Å². The highest BCUT2D eigenvalue weighted by molar-refractivity contribution is 6.02. The molecule has 0 unspecified atom stereocenters. The van der Waals surface area contributed by atoms with E-state index in [-0.39, 0.29) is 5.91 Å². The third-order valence-electron chi connectivity index (χ3n) is 3.36. The Hall–Kier alpha value is -2.62. The topological polar surface area (TPSA) is 50.7 Å². The molecule has 1 N–H and O–H groups in total. The highest BCUT2D eigenvalue weighted by Gasteiger charge is 2.11. The minimum atomic E-state index is -0.282. The maximum Gasteiger partial charge on any atom is 0.275 e. The summed E-state index contributed by atoms with van der Waals surface area (Å²) < 4.78 is 5.19. The Labute approximate surface area is 130 Å². The largest absolute Gasteiger partial charge is 0.496 e. The number of ether oxygens (including phenoxy) is 1. The van der Waals surface area contributed by atoms with Gasteiger partial charge >= 0.3 is 0 Å². The Balaban J connectivity index is 2.18. The van der Waals surface area contributed by atoms with Gasteiger partial charge in [0.25, 0.3) is 5.91 Å². The van der Waals surface area contributed by atoms with Crippen molar-refractivity contribution in [1.82, 2.24) is 5.43 Å². The second-order valence-electron chi connectivity index (χ2n) is 4.92. The van der Waals surface area contributed by atoms with Gasteiger partial charge in [0.15, 0.2) is 0 Å². The summed E-state index contributed by atoms with van der Waals surface area (Å²) in [6, 6.07) is 15.1. The molecular weight excluding hydrogens is 276 g/mol. The summed E-state index contributed by atoms with van der Waals surface area (Å²) in [4.78, 5) is 12.2. The van der Waals surface area contributed by atoms with Crippen molar-refractivity contribution in [3.05, 3.63) is 65.2 Å². The first-order valence-corrected chi connectivity index (χ1v) is 7.22. The molecule has 0 bridgehead atoms. The molecule has 0 aliphatic rings. The monoisotopic (exact) mass is 296 g/mol. The number of hydrogen-bond donors (Lipinski definition) is 1. The van der Waals surface area contributed by atoms with Gasteiger partial charge in [-0.15, -0.1) is 0 Å². The van der Waals surface area contributed by atoms with Crippen LogP contribution in [0.4, 0.5) is 0 Å². The van der Waals surface area contributed by atoms with Crippen molar-refractivity contribution in [1.29, 1.82) is 0 Å². The fourth-order valence-electron chi connectivity index (χ4n) is 2.10. The number of para-hydroxylation sites is 1. The molecule has 0 radical (unpaired) electrons. The Morgan fingerprint density at radius 1 is 1.14 bits per heavy atom. The van der Waals surface area contributed by atoms with Crippen LogP contribution in [0.2, 0.25) is 0 Å². The molecule has 0 saturated carbocycles. The third kappa shape index (κ3) is 3.73. The number of rotatable bonds is 5. The summed E-state index contributed by atoms with van der Waals surface area (Å²) in [6.45, 7) is 4.05. The Bertz CT molecular complexity index is 676. The zero-order valence-corrected chi connectivity index (χ0v) is 13.1. The van der Waals surface area contributed by atoms with Gasteiger partial charge in [-0.25, -0.2) is 5.43 Å². The van der Waals surface area contributed by atoms with E-state index in [0.717, 1.165) is 17.7 Å². The Kier molecular flexibility index (Phi) is 5.31. The fourth-order valence-corrected chi connectivity index (χ4v) is 2.10. The number of benzene rings is 2. The minimum Gasteiger partial charge on any atom is -0.496 e. The third-order valence-corrected chi connectivity index (χ3v) is 3.36. The van der Waals surface area contributed by atoms with Crippen LogP contribution < -0.4 is 10.2 Å². The number of methoxy groups -OCH3 is 1. The van der Waals surface area contributed by atoms with E-state index in [1.165, 1.54) is 5.56 Å². The van der Waals surface area contributed by atoms with Crippen LogP contribution in [0.1, 0.15) is 34.8 Å². The SMILES string of the molecule is CCC(=NNC(=O)c1ccccc1OC)c1ccc(C)cc1. The van der Waals surface area contributed by atoms with Crippen LogP contribution in [-0.2, 0) is 0 Å². The van der Waals surface area contributed by atoms with Gasteiger partial charge < -0.3 is 4.74 Å². The van der Waals surface area contributed by atoms with Gasteiger partial charge in [0.2, 0.25) is 0 Å². The van der Waals surface area contributed by atoms with E-state index in [1.807, 2.05) is 44.2 Å². The molecule has 2 aromatic rings. The molecule has 0 aromatic heterocycles. The summed E-state index contributed by atoms with van der Waals surface area (Å²) in [5, 5.41) is 4.26. The second-order valence-corrected chi connectivity index (χ2v) is 4.92. The average molecular weight is 296 g/mol. The number of hydrazone groups is 1. The molecule has 2 aromatic carbocycles. The van der Waals surface area contributed by atoms with E-state index in [1.54, 1.807) is 25.3 Å². The number of carbonyl (C=O) groups is 1. The van der Waals surface area contributed by atoms with Crippen molar-refractivity contribution in [2.75, 3.05) is 7.11 Å². The zero-order valence-electron chi connectivity index (χ0n) is 13.1. The van der Waals surface area contributed by atoms with Gasteiger partial charge in [-0.3, -0.25) is 4.79 Å². The predicted molar refractivity (Wildman–Crippen MR) is 88.5 cm³/mol. The molecule has 2 rings (SSSR count). The van der Waals surface area contributed by atoms with Crippen LogP contribution in [0.25, 0.3) is 0 Å². The molecule has 4 nitrogen and oxygen atoms in total. The van der Waals surface area contributed by atoms with Crippen molar-refractivity contribution >= 4 is 11.6 Å². The van der Waals surface area contributed by atoms with E-state index in [0.29, 0.717) is 11.3 Å². The summed E-state index contributed by atoms with van der Waals surface area (Å²) >= 11 is 0. The van der Waals surface area contributed by atoms with Crippen LogP contribution in [0.15, 0.2) is 53.6 Å². The number of carbonyl (C=O) groups excluding carboxylic acids is 1. The van der Waals surface area contributed by atoms with Crippen molar-refractivity contribution < 1.29 is 9.53 Å². The number of nitrogens with zero attached hydrogens (tertiary/aromatic N) is 1. The maximum absolute atomic E-state index is 12.2. The van der Waals surface area contributed by atoms with Crippen molar-refractivity contribution in [2.24, 2.45) is 5.10 Å². The van der Waals surface area contributed by atoms with Gasteiger partial charge in [-0.05, 0) is 31.0 Å². The van der Waals surface area contributed by atoms with Gasteiger partial charge in [0.05, 0.1) is 18.4 Å². The highest BCUT2D eigenvalue weighted by Crippen LogP contribution is 2.17. The molecule has 22 heavy (non-hydrogen) atoms. The van der Waals surface area contributed by atoms with E-state index >= 15 is 0 Å². The quantitative estimate of drug-likeness (QED) is 0.677. The molecule has 0 atom stereocenters. The van der Waals surface area contributed by atoms with Crippen LogP contribution in [0.3, 0.4) is 0 Å². The number of aryl methyl sites for hydroxylation is 1. The van der Waals surface area contributed by atoms with Gasteiger partial charge in [-0.1, -0.05) is 48.9 Å². The fraction of sp³-hybridized carbons (Fsp3) is 0.222. The smallest absolute Gasteiger partial charge is 0.275 e. The van der Waals surface area contributed by atoms with Crippen molar-refractivity contribution in [3.63, 3.8) is 0 Å². The van der Waals surface area contributed by atoms with Crippen molar-refractivity contribution in [2.45, 2.75) is 20.3 Å². The van der Waals surface area contributed by atoms with Crippen LogP contribution in [0.5, 0.6) is 5.75 Å². The highest BCUT2D eigenvalue weighted by atomic mass is 16.5. The average Bonchev–Trinajstić information content (AvgIpc) is 2.56. The van der Waals surface area contributed by atoms with Crippen LogP contribution in [-0.4, -0.2) is 18.7 Å². The summed E-state index contributed by atoms with van der Waals surface area (Å²) in [6.07, 6.45) is 0.731. The second kappa shape index (κ2) is 7.41. The van der Waals surface area contributed by atoms with E-state index < -0.39 is 0 Å². The summed E-state index contributed by atoms with van der Waals surface area (Å²) in [5.41, 5.74) is 6.11. The molecule has 1 amide bonds. The molecule has 0 aliphatic heterocycles. The van der Waals surface area contributed by atoms with E-state index in [9.17, 15) is 4.79 Å². The lowest BCUT2D eigenvalue weighted by Crippen LogP contribution is -2.20. The first-order chi connectivity index (χ1) is 10.7. The minimum absolute atomic E-state index is 0.282. The normalized spacial score (nSPS) is 11.1. The number of nitrogens with one attached hydrogen (secondary N) is 1. The summed E-state index contributed by atoms with van der Waals surface area (Å²) in [5.74, 6) is 0.249. The summed E-state index contributed by atoms with van der Waals surface area (Å²) in [7, 11) is 1.54. The lowest BCUT2D eigenvalue weighted by atomic mass is 10.1. The van der Waals surface area contributed by atoms with Gasteiger partial charge in [-0.2, -0.15) is 5.10 Å². The first-order valence-electron chi connectivity index (χ1n) is 7.22. The van der Waals surface area contributed by atoms with E-state index in [4.69, 9.17) is 4.74 Å². The van der Waals surface area contributed by atoms with E-state index in [2.05, 4.69) is 10.5 Å². The molecule has 0 saturated heterocycles. The Morgan fingerprint density at radius 3 is 2.45 bits per heavy atom. The molecule has 4 heteroatoms. The lowest BCUT2D eigenvalue weighted by Gasteiger charge is -2.08. The molecule has 114 valence electrons. The van der Waals surface area contributed by atoms with Gasteiger partial charge in [0, 0.05) is 0 Å². The molecule has 0 spiro atoms. The van der Waals surface area contributed by atoms with Gasteiger partial charge in [0.1, 0.15) is 5.75 Å². The first kappa shape index (κ1) is 15.8. The lowest BCUT2D eigenvalue weighted by molar-refractivity contribution is 0.0952. The standard InChI is InChI=1S/C18H20N2O2/c1-4-16(14-11-9-13(2)10-12-14)19-20-18(21)15-7-5-6-8-17(15)22-3/h5-12H,4H2,1-3H3,(H,20,21). The molecule has 0 heterocycles. The molecular formula is C18H20N2O2. The Morgan fingerprint density at radius 2 is 1.82 bits per heavy atom. The maximum atomic E-state index is 12.2. The number of amides is 1. The van der Waals surface area contributed by atoms with Crippen LogP contribution in [0, 0.1) is 6.92 Å². The molecule has 0 fully saturated rings. The predicted octanol–water partition coefficient (Wildman–Crippen LogP) is 3.55. The zero-order chi connectivity index (χ0) is 15.9.